The van der Waals surface area contributed by atoms with Crippen LogP contribution in [0.25, 0.3) is 16.3 Å². The van der Waals surface area contributed by atoms with Gasteiger partial charge in [0.15, 0.2) is 5.65 Å². The third kappa shape index (κ3) is 5.82. The van der Waals surface area contributed by atoms with Crippen LogP contribution in [0.5, 0.6) is 5.88 Å². The minimum absolute atomic E-state index is 0.00382. The van der Waals surface area contributed by atoms with Gasteiger partial charge in [0.1, 0.15) is 16.8 Å². The van der Waals surface area contributed by atoms with Crippen molar-refractivity contribution in [3.8, 4) is 16.6 Å². The number of aliphatic hydroxyl groups excluding tert-OH is 1. The number of rotatable bonds is 9. The summed E-state index contributed by atoms with van der Waals surface area (Å²) in [6.45, 7) is 6.60. The Morgan fingerprint density at radius 2 is 2.03 bits per heavy atom. The number of carbonyl (C=O) groups is 1. The van der Waals surface area contributed by atoms with Crippen molar-refractivity contribution >= 4 is 34.5 Å². The van der Waals surface area contributed by atoms with E-state index in [0.717, 1.165) is 49.7 Å². The van der Waals surface area contributed by atoms with Crippen molar-refractivity contribution in [3.05, 3.63) is 63.5 Å². The number of aromatic nitrogens is 4. The van der Waals surface area contributed by atoms with E-state index < -0.39 is 12.0 Å². The molecule has 3 aromatic heterocycles. The van der Waals surface area contributed by atoms with Crippen LogP contribution in [0.2, 0.25) is 5.02 Å². The van der Waals surface area contributed by atoms with Crippen LogP contribution >= 0.6 is 22.9 Å². The predicted molar refractivity (Wildman–Crippen MR) is 146 cm³/mol. The van der Waals surface area contributed by atoms with Gasteiger partial charge in [-0.15, -0.1) is 11.3 Å². The maximum Gasteiger partial charge on any atom is 0.229 e. The molecule has 1 aromatic carbocycles. The number of aliphatic hydroxyl groups is 1. The third-order valence-corrected chi connectivity index (χ3v) is 8.01. The molecule has 0 aliphatic carbocycles. The highest BCUT2D eigenvalue weighted by molar-refractivity contribution is 7.15. The van der Waals surface area contributed by atoms with Crippen molar-refractivity contribution in [1.82, 2.24) is 29.2 Å². The minimum atomic E-state index is -0.472. The Bertz CT molecular complexity index is 1450. The normalized spacial score (nSPS) is 15.7. The number of hydrogen-bond acceptors (Lipinski definition) is 9. The van der Waals surface area contributed by atoms with E-state index in [4.69, 9.17) is 27.1 Å². The molecule has 1 atom stereocenters. The summed E-state index contributed by atoms with van der Waals surface area (Å²) in [7, 11) is 2.14. The number of thiazole rings is 1. The molecule has 12 heteroatoms. The molecule has 0 radical (unpaired) electrons. The van der Waals surface area contributed by atoms with Crippen LogP contribution in [0.1, 0.15) is 34.7 Å². The molecule has 1 fully saturated rings. The lowest BCUT2D eigenvalue weighted by molar-refractivity contribution is -0.117. The maximum absolute atomic E-state index is 11.8. The Balaban J connectivity index is 1.43. The summed E-state index contributed by atoms with van der Waals surface area (Å²) in [5.41, 5.74) is 9.43. The lowest BCUT2D eigenvalue weighted by atomic mass is 10.1. The fourth-order valence-electron chi connectivity index (χ4n) is 4.44. The zero-order valence-electron chi connectivity index (χ0n) is 21.3. The number of nitrogens with two attached hydrogens (primary N) is 1. The molecule has 1 aliphatic heterocycles. The smallest absolute Gasteiger partial charge is 0.229 e. The number of halogens is 1. The minimum Gasteiger partial charge on any atom is -0.469 e. The van der Waals surface area contributed by atoms with Crippen molar-refractivity contribution in [3.63, 3.8) is 0 Å². The number of amides is 1. The van der Waals surface area contributed by atoms with E-state index in [2.05, 4.69) is 26.8 Å². The third-order valence-electron chi connectivity index (χ3n) is 6.62. The molecular formula is C26H30ClN7O3S. The molecule has 0 spiro atoms. The highest BCUT2D eigenvalue weighted by atomic mass is 35.5. The number of ether oxygens (including phenoxy) is 1. The van der Waals surface area contributed by atoms with Gasteiger partial charge in [-0.1, -0.05) is 23.7 Å². The van der Waals surface area contributed by atoms with Crippen LogP contribution < -0.4 is 10.5 Å². The first-order valence-electron chi connectivity index (χ1n) is 12.4. The molecule has 38 heavy (non-hydrogen) atoms. The van der Waals surface area contributed by atoms with E-state index in [-0.39, 0.29) is 13.0 Å². The summed E-state index contributed by atoms with van der Waals surface area (Å²) in [5, 5.41) is 10.5. The molecule has 200 valence electrons. The monoisotopic (exact) mass is 555 g/mol. The number of imidazole rings is 1. The second kappa shape index (κ2) is 11.3. The first-order chi connectivity index (χ1) is 18.3. The highest BCUT2D eigenvalue weighted by Gasteiger charge is 2.22. The van der Waals surface area contributed by atoms with Gasteiger partial charge in [0.05, 0.1) is 36.0 Å². The molecule has 0 unspecified atom stereocenters. The first kappa shape index (κ1) is 26.5. The van der Waals surface area contributed by atoms with Crippen LogP contribution in [0.3, 0.4) is 0 Å². The average molecular weight is 556 g/mol. The van der Waals surface area contributed by atoms with Gasteiger partial charge in [0.2, 0.25) is 11.8 Å². The largest absolute Gasteiger partial charge is 0.469 e. The van der Waals surface area contributed by atoms with E-state index in [1.165, 1.54) is 11.3 Å². The quantitative estimate of drug-likeness (QED) is 0.323. The molecule has 10 nitrogen and oxygen atoms in total. The maximum atomic E-state index is 11.8. The SMILES string of the molecule is C[C@@H](Oc1nc(-c2cnc3cnc(CN4CCN(C)CC4)cn23)sc1CC(N)=O)c1ccc(CO)cc1Cl. The van der Waals surface area contributed by atoms with Crippen molar-refractivity contribution in [1.29, 1.82) is 0 Å². The standard InChI is InChI=1S/C26H30ClN7O3S/c1-16(19-4-3-17(15-35)9-20(19)27)37-25-22(10-23(28)36)38-26(31-25)21-11-30-24-12-29-18(14-34(21)24)13-33-7-5-32(2)6-8-33/h3-4,9,11-12,14,16,35H,5-8,10,13,15H2,1-2H3,(H2,28,36)/t16-/m1/s1. The van der Waals surface area contributed by atoms with Crippen molar-refractivity contribution < 1.29 is 14.6 Å². The zero-order chi connectivity index (χ0) is 26.8. The molecule has 0 saturated carbocycles. The molecule has 5 rings (SSSR count). The Labute approximate surface area is 229 Å². The van der Waals surface area contributed by atoms with Crippen molar-refractivity contribution in [2.75, 3.05) is 33.2 Å². The van der Waals surface area contributed by atoms with Crippen LogP contribution in [0.4, 0.5) is 0 Å². The van der Waals surface area contributed by atoms with Crippen LogP contribution in [-0.4, -0.2) is 73.4 Å². The van der Waals surface area contributed by atoms with Crippen LogP contribution in [0, 0.1) is 0 Å². The summed E-state index contributed by atoms with van der Waals surface area (Å²) >= 11 is 7.78. The number of fused-ring (bicyclic) bond motifs is 1. The van der Waals surface area contributed by atoms with Crippen molar-refractivity contribution in [2.45, 2.75) is 32.6 Å². The van der Waals surface area contributed by atoms with E-state index in [1.807, 2.05) is 23.6 Å². The number of primary amides is 1. The first-order valence-corrected chi connectivity index (χ1v) is 13.6. The number of carbonyl (C=O) groups excluding carboxylic acids is 1. The summed E-state index contributed by atoms with van der Waals surface area (Å²) in [6, 6.07) is 5.32. The highest BCUT2D eigenvalue weighted by Crippen LogP contribution is 2.36. The van der Waals surface area contributed by atoms with E-state index in [0.29, 0.717) is 32.0 Å². The summed E-state index contributed by atoms with van der Waals surface area (Å²) < 4.78 is 8.18. The number of benzene rings is 1. The van der Waals surface area contributed by atoms with Crippen molar-refractivity contribution in [2.24, 2.45) is 5.73 Å². The van der Waals surface area contributed by atoms with Crippen LogP contribution in [0.15, 0.2) is 36.8 Å². The Morgan fingerprint density at radius 3 is 2.74 bits per heavy atom. The van der Waals surface area contributed by atoms with Gasteiger partial charge in [0, 0.05) is 49.5 Å². The number of hydrogen-bond donors (Lipinski definition) is 2. The van der Waals surface area contributed by atoms with Gasteiger partial charge in [-0.2, -0.15) is 4.98 Å². The topological polar surface area (TPSA) is 122 Å². The lowest BCUT2D eigenvalue weighted by Gasteiger charge is -2.32. The number of piperazine rings is 1. The average Bonchev–Trinajstić information content (AvgIpc) is 3.48. The summed E-state index contributed by atoms with van der Waals surface area (Å²) in [5.74, 6) is -0.139. The number of likely N-dealkylation sites (N-methyl/N-ethyl adjacent to an activating group) is 1. The number of nitrogens with zero attached hydrogens (tertiary/aromatic N) is 6. The fourth-order valence-corrected chi connectivity index (χ4v) is 5.81. The molecule has 4 aromatic rings. The Kier molecular flexibility index (Phi) is 7.91. The Morgan fingerprint density at radius 1 is 1.24 bits per heavy atom. The van der Waals surface area contributed by atoms with E-state index in [1.54, 1.807) is 24.5 Å². The molecule has 3 N–H and O–H groups in total. The van der Waals surface area contributed by atoms with Crippen LogP contribution in [-0.2, 0) is 24.4 Å². The zero-order valence-corrected chi connectivity index (χ0v) is 22.9. The van der Waals surface area contributed by atoms with Gasteiger partial charge >= 0.3 is 0 Å². The van der Waals surface area contributed by atoms with E-state index in [9.17, 15) is 9.90 Å². The molecule has 4 heterocycles. The fraction of sp³-hybridized carbons (Fsp3) is 0.385. The van der Waals surface area contributed by atoms with E-state index >= 15 is 0 Å². The molecule has 1 saturated heterocycles. The predicted octanol–water partition coefficient (Wildman–Crippen LogP) is 2.91. The summed E-state index contributed by atoms with van der Waals surface area (Å²) in [6.07, 6.45) is 5.07. The van der Waals surface area contributed by atoms with Gasteiger partial charge < -0.3 is 20.5 Å². The molecule has 1 amide bonds. The lowest BCUT2D eigenvalue weighted by Crippen LogP contribution is -2.44. The van der Waals surface area contributed by atoms with Gasteiger partial charge in [-0.3, -0.25) is 19.1 Å². The summed E-state index contributed by atoms with van der Waals surface area (Å²) in [4.78, 5) is 31.0. The Hall–Kier alpha value is -3.09. The molecule has 0 bridgehead atoms. The second-order valence-electron chi connectivity index (χ2n) is 9.49. The molecular weight excluding hydrogens is 526 g/mol. The molecule has 1 aliphatic rings. The van der Waals surface area contributed by atoms with Gasteiger partial charge in [0.25, 0.3) is 0 Å². The van der Waals surface area contributed by atoms with Gasteiger partial charge in [-0.25, -0.2) is 4.98 Å². The second-order valence-corrected chi connectivity index (χ2v) is 11.0. The van der Waals surface area contributed by atoms with Gasteiger partial charge in [-0.05, 0) is 25.6 Å².